The molecule has 116 valence electrons. The van der Waals surface area contributed by atoms with Gasteiger partial charge in [0.1, 0.15) is 11.3 Å². The van der Waals surface area contributed by atoms with Gasteiger partial charge in [-0.25, -0.2) is 9.71 Å². The number of rotatable bonds is 5. The highest BCUT2D eigenvalue weighted by molar-refractivity contribution is 7.90. The van der Waals surface area contributed by atoms with Crippen molar-refractivity contribution in [1.29, 1.82) is 0 Å². The van der Waals surface area contributed by atoms with Gasteiger partial charge in [0.25, 0.3) is 0 Å². The Kier molecular flexibility index (Phi) is 4.26. The molecule has 7 nitrogen and oxygen atoms in total. The van der Waals surface area contributed by atoms with E-state index >= 15 is 0 Å². The average molecular weight is 330 g/mol. The number of fused-ring (bicyclic) bond motifs is 1. The second kappa shape index (κ2) is 5.66. The third-order valence-electron chi connectivity index (χ3n) is 3.02. The van der Waals surface area contributed by atoms with Crippen LogP contribution in [0.1, 0.15) is 13.8 Å². The molecule has 0 aliphatic rings. The van der Waals surface area contributed by atoms with Gasteiger partial charge in [0, 0.05) is 24.8 Å². The lowest BCUT2D eigenvalue weighted by molar-refractivity contribution is 0.414. The van der Waals surface area contributed by atoms with Crippen molar-refractivity contribution in [2.75, 3.05) is 24.6 Å². The van der Waals surface area contributed by atoms with Gasteiger partial charge < -0.3 is 10.5 Å². The lowest BCUT2D eigenvalue weighted by Gasteiger charge is -2.20. The van der Waals surface area contributed by atoms with E-state index in [2.05, 4.69) is 9.71 Å². The molecule has 1 aromatic heterocycles. The molecule has 9 heteroatoms. The van der Waals surface area contributed by atoms with Crippen LogP contribution in [-0.4, -0.2) is 37.9 Å². The lowest BCUT2D eigenvalue weighted by atomic mass is 10.3. The number of hydrogen-bond donors (Lipinski definition) is 2. The highest BCUT2D eigenvalue weighted by Gasteiger charge is 2.22. The van der Waals surface area contributed by atoms with E-state index in [9.17, 15) is 8.42 Å². The van der Waals surface area contributed by atoms with Crippen molar-refractivity contribution in [3.8, 4) is 5.75 Å². The molecule has 21 heavy (non-hydrogen) atoms. The van der Waals surface area contributed by atoms with Crippen LogP contribution >= 0.6 is 11.3 Å². The van der Waals surface area contributed by atoms with Crippen LogP contribution in [0.5, 0.6) is 5.75 Å². The number of anilines is 2. The van der Waals surface area contributed by atoms with Crippen LogP contribution < -0.4 is 15.2 Å². The maximum absolute atomic E-state index is 12.2. The molecule has 0 aliphatic heterocycles. The van der Waals surface area contributed by atoms with Crippen molar-refractivity contribution in [2.45, 2.75) is 19.9 Å². The third kappa shape index (κ3) is 3.20. The van der Waals surface area contributed by atoms with Crippen LogP contribution in [-0.2, 0) is 10.2 Å². The smallest absolute Gasteiger partial charge is 0.303 e. The van der Waals surface area contributed by atoms with E-state index in [4.69, 9.17) is 10.5 Å². The number of methoxy groups -OCH3 is 1. The summed E-state index contributed by atoms with van der Waals surface area (Å²) in [6.45, 7) is 3.59. The standard InChI is InChI=1S/C12H18N4O3S2/c1-7(2)16(3)21(17,18)15-12-14-11-9(19-4)5-8(13)6-10(11)20-12/h5-7H,13H2,1-4H3,(H,14,15). The fraction of sp³-hybridized carbons (Fsp3) is 0.417. The zero-order valence-electron chi connectivity index (χ0n) is 12.2. The van der Waals surface area contributed by atoms with Gasteiger partial charge in [-0.05, 0) is 19.9 Å². The summed E-state index contributed by atoms with van der Waals surface area (Å²) < 4.78 is 34.0. The fourth-order valence-corrected chi connectivity index (χ4v) is 3.91. The molecule has 2 rings (SSSR count). The van der Waals surface area contributed by atoms with Crippen molar-refractivity contribution in [1.82, 2.24) is 9.29 Å². The largest absolute Gasteiger partial charge is 0.494 e. The molecule has 1 heterocycles. The first-order valence-corrected chi connectivity index (χ1v) is 8.50. The Labute approximate surface area is 127 Å². The molecule has 0 bridgehead atoms. The van der Waals surface area contributed by atoms with Gasteiger partial charge in [0.15, 0.2) is 5.13 Å². The summed E-state index contributed by atoms with van der Waals surface area (Å²) in [6, 6.07) is 3.24. The molecular weight excluding hydrogens is 312 g/mol. The third-order valence-corrected chi connectivity index (χ3v) is 5.70. The summed E-state index contributed by atoms with van der Waals surface area (Å²) in [5.41, 5.74) is 6.90. The molecule has 0 saturated heterocycles. The first kappa shape index (κ1) is 15.8. The van der Waals surface area contributed by atoms with Gasteiger partial charge in [-0.1, -0.05) is 11.3 Å². The Morgan fingerprint density at radius 2 is 2.10 bits per heavy atom. The average Bonchev–Trinajstić information content (AvgIpc) is 2.77. The molecule has 0 fully saturated rings. The number of thiazole rings is 1. The fourth-order valence-electron chi connectivity index (χ4n) is 1.68. The Balaban J connectivity index is 2.41. The Bertz CT molecular complexity index is 755. The second-order valence-corrected chi connectivity index (χ2v) is 7.57. The second-order valence-electron chi connectivity index (χ2n) is 4.81. The summed E-state index contributed by atoms with van der Waals surface area (Å²) >= 11 is 1.21. The number of nitrogens with zero attached hydrogens (tertiary/aromatic N) is 2. The van der Waals surface area contributed by atoms with Crippen LogP contribution in [0.25, 0.3) is 10.2 Å². The maximum atomic E-state index is 12.2. The number of aromatic nitrogens is 1. The van der Waals surface area contributed by atoms with Crippen molar-refractivity contribution >= 4 is 42.6 Å². The molecule has 2 aromatic rings. The number of nitrogen functional groups attached to an aromatic ring is 1. The summed E-state index contributed by atoms with van der Waals surface area (Å²) in [6.07, 6.45) is 0. The van der Waals surface area contributed by atoms with Crippen LogP contribution in [0.2, 0.25) is 0 Å². The van der Waals surface area contributed by atoms with Gasteiger partial charge in [-0.3, -0.25) is 0 Å². The van der Waals surface area contributed by atoms with Gasteiger partial charge in [0.05, 0.1) is 11.8 Å². The number of ether oxygens (including phenoxy) is 1. The molecule has 0 atom stereocenters. The SMILES string of the molecule is COc1cc(N)cc2sc(NS(=O)(=O)N(C)C(C)C)nc12. The summed E-state index contributed by atoms with van der Waals surface area (Å²) in [5, 5.41) is 0.279. The topological polar surface area (TPSA) is 97.5 Å². The van der Waals surface area contributed by atoms with E-state index in [1.165, 1.54) is 29.8 Å². The van der Waals surface area contributed by atoms with E-state index in [1.807, 2.05) is 0 Å². The number of nitrogens with two attached hydrogens (primary N) is 1. The molecule has 0 unspecified atom stereocenters. The van der Waals surface area contributed by atoms with Gasteiger partial charge in [-0.15, -0.1) is 0 Å². The zero-order valence-corrected chi connectivity index (χ0v) is 13.9. The summed E-state index contributed by atoms with van der Waals surface area (Å²) in [5.74, 6) is 0.518. The first-order valence-electron chi connectivity index (χ1n) is 6.24. The van der Waals surface area contributed by atoms with Crippen LogP contribution in [0.15, 0.2) is 12.1 Å². The molecule has 0 radical (unpaired) electrons. The molecule has 1 aromatic carbocycles. The summed E-state index contributed by atoms with van der Waals surface area (Å²) in [4.78, 5) is 4.27. The van der Waals surface area contributed by atoms with E-state index in [0.717, 1.165) is 4.70 Å². The zero-order chi connectivity index (χ0) is 15.8. The monoisotopic (exact) mass is 330 g/mol. The Hall–Kier alpha value is -1.58. The Morgan fingerprint density at radius 3 is 2.67 bits per heavy atom. The van der Waals surface area contributed by atoms with E-state index < -0.39 is 10.2 Å². The molecule has 3 N–H and O–H groups in total. The van der Waals surface area contributed by atoms with Crippen LogP contribution in [0.3, 0.4) is 0 Å². The van der Waals surface area contributed by atoms with E-state index in [1.54, 1.807) is 26.0 Å². The predicted molar refractivity (Wildman–Crippen MR) is 86.0 cm³/mol. The quantitative estimate of drug-likeness (QED) is 0.816. The highest BCUT2D eigenvalue weighted by Crippen LogP contribution is 2.35. The van der Waals surface area contributed by atoms with Crippen LogP contribution in [0, 0.1) is 0 Å². The van der Waals surface area contributed by atoms with Crippen molar-refractivity contribution in [2.24, 2.45) is 0 Å². The van der Waals surface area contributed by atoms with Crippen molar-refractivity contribution in [3.63, 3.8) is 0 Å². The van der Waals surface area contributed by atoms with Crippen LogP contribution in [0.4, 0.5) is 10.8 Å². The molecular formula is C12H18N4O3S2. The summed E-state index contributed by atoms with van der Waals surface area (Å²) in [7, 11) is -0.600. The molecule has 0 spiro atoms. The normalized spacial score (nSPS) is 12.3. The van der Waals surface area contributed by atoms with Gasteiger partial charge in [0.2, 0.25) is 0 Å². The maximum Gasteiger partial charge on any atom is 0.303 e. The van der Waals surface area contributed by atoms with Gasteiger partial charge in [-0.2, -0.15) is 12.7 Å². The molecule has 0 aliphatic carbocycles. The molecule has 0 amide bonds. The first-order chi connectivity index (χ1) is 9.74. The number of benzene rings is 1. The minimum absolute atomic E-state index is 0.151. The Morgan fingerprint density at radius 1 is 1.43 bits per heavy atom. The number of hydrogen-bond acceptors (Lipinski definition) is 6. The predicted octanol–water partition coefficient (Wildman–Crippen LogP) is 1.88. The van der Waals surface area contributed by atoms with E-state index in [0.29, 0.717) is 17.0 Å². The minimum Gasteiger partial charge on any atom is -0.494 e. The lowest BCUT2D eigenvalue weighted by Crippen LogP contribution is -2.37. The highest BCUT2D eigenvalue weighted by atomic mass is 32.2. The van der Waals surface area contributed by atoms with Crippen molar-refractivity contribution in [3.05, 3.63) is 12.1 Å². The van der Waals surface area contributed by atoms with Crippen molar-refractivity contribution < 1.29 is 13.2 Å². The minimum atomic E-state index is -3.63. The number of nitrogens with one attached hydrogen (secondary N) is 1. The molecule has 0 saturated carbocycles. The van der Waals surface area contributed by atoms with E-state index in [-0.39, 0.29) is 11.2 Å². The van der Waals surface area contributed by atoms with Gasteiger partial charge >= 0.3 is 10.2 Å².